The third kappa shape index (κ3) is 4.20. The van der Waals surface area contributed by atoms with Crippen LogP contribution in [0.3, 0.4) is 0 Å². The quantitative estimate of drug-likeness (QED) is 0.496. The van der Waals surface area contributed by atoms with Crippen molar-refractivity contribution in [3.8, 4) is 10.6 Å². The van der Waals surface area contributed by atoms with Crippen LogP contribution in [0.4, 0.5) is 0 Å². The number of nitrogens with zero attached hydrogens (tertiary/aromatic N) is 2. The van der Waals surface area contributed by atoms with Crippen LogP contribution in [0.2, 0.25) is 4.34 Å². The molecule has 7 heteroatoms. The molecule has 2 atom stereocenters. The van der Waals surface area contributed by atoms with Gasteiger partial charge in [-0.2, -0.15) is 0 Å². The number of fused-ring (bicyclic) bond motifs is 1. The third-order valence-electron chi connectivity index (χ3n) is 5.57. The molecule has 0 unspecified atom stereocenters. The van der Waals surface area contributed by atoms with E-state index in [0.29, 0.717) is 26.5 Å². The lowest BCUT2D eigenvalue weighted by molar-refractivity contribution is -0.140. The molecule has 0 radical (unpaired) electrons. The van der Waals surface area contributed by atoms with E-state index in [4.69, 9.17) is 16.3 Å². The molecule has 1 aromatic carbocycles. The first-order valence-corrected chi connectivity index (χ1v) is 11.3. The number of hydrogen-bond acceptors (Lipinski definition) is 5. The normalized spacial score (nSPS) is 19.1. The molecule has 0 bridgehead atoms. The van der Waals surface area contributed by atoms with Crippen LogP contribution in [0, 0.1) is 0 Å². The molecular formula is C23H23ClN2O3S. The van der Waals surface area contributed by atoms with Gasteiger partial charge in [0.25, 0.3) is 5.91 Å². The number of carbonyl (C=O) groups is 2. The highest BCUT2D eigenvalue weighted by Gasteiger charge is 2.29. The molecule has 4 rings (SSSR count). The Bertz CT molecular complexity index is 1090. The number of pyridine rings is 1. The minimum Gasteiger partial charge on any atom is -0.452 e. The van der Waals surface area contributed by atoms with E-state index < -0.39 is 5.97 Å². The van der Waals surface area contributed by atoms with Crippen molar-refractivity contribution >= 4 is 45.7 Å². The van der Waals surface area contributed by atoms with Crippen LogP contribution in [-0.2, 0) is 9.53 Å². The maximum atomic E-state index is 13.0. The van der Waals surface area contributed by atoms with Crippen LogP contribution in [0.5, 0.6) is 0 Å². The molecule has 0 N–H and O–H groups in total. The molecule has 0 spiro atoms. The summed E-state index contributed by atoms with van der Waals surface area (Å²) >= 11 is 7.47. The third-order valence-corrected chi connectivity index (χ3v) is 6.82. The van der Waals surface area contributed by atoms with Gasteiger partial charge in [-0.3, -0.25) is 4.79 Å². The van der Waals surface area contributed by atoms with Crippen LogP contribution in [0.1, 0.15) is 43.5 Å². The molecule has 2 aromatic heterocycles. The Labute approximate surface area is 184 Å². The maximum absolute atomic E-state index is 13.0. The van der Waals surface area contributed by atoms with Crippen LogP contribution in [0.25, 0.3) is 21.5 Å². The van der Waals surface area contributed by atoms with Crippen molar-refractivity contribution < 1.29 is 14.3 Å². The molecular weight excluding hydrogens is 420 g/mol. The van der Waals surface area contributed by atoms with Gasteiger partial charge in [-0.1, -0.05) is 29.8 Å². The Hall–Kier alpha value is -2.44. The van der Waals surface area contributed by atoms with Gasteiger partial charge in [0.2, 0.25) is 0 Å². The highest BCUT2D eigenvalue weighted by molar-refractivity contribution is 7.19. The summed E-state index contributed by atoms with van der Waals surface area (Å²) in [5, 5.41) is 0.695. The summed E-state index contributed by atoms with van der Waals surface area (Å²) in [6.45, 7) is 3.83. The predicted octanol–water partition coefficient (Wildman–Crippen LogP) is 5.56. The lowest BCUT2D eigenvalue weighted by atomic mass is 9.97. The molecule has 1 saturated heterocycles. The van der Waals surface area contributed by atoms with E-state index in [0.717, 1.165) is 24.1 Å². The van der Waals surface area contributed by atoms with Crippen molar-refractivity contribution in [1.82, 2.24) is 9.88 Å². The molecule has 1 amide bonds. The average Bonchev–Trinajstić information content (AvgIpc) is 3.17. The average molecular weight is 443 g/mol. The lowest BCUT2D eigenvalue weighted by Gasteiger charge is -2.38. The maximum Gasteiger partial charge on any atom is 0.339 e. The number of likely N-dealkylation sites (tertiary alicyclic amines) is 1. The number of esters is 1. The lowest BCUT2D eigenvalue weighted by Crippen LogP contribution is -2.49. The number of piperidine rings is 1. The minimum atomic E-state index is -0.525. The summed E-state index contributed by atoms with van der Waals surface area (Å²) in [5.41, 5.74) is 1.74. The molecule has 1 aliphatic heterocycles. The van der Waals surface area contributed by atoms with Crippen LogP contribution < -0.4 is 0 Å². The zero-order valence-corrected chi connectivity index (χ0v) is 18.5. The smallest absolute Gasteiger partial charge is 0.339 e. The molecule has 0 saturated carbocycles. The van der Waals surface area contributed by atoms with Crippen LogP contribution in [-0.4, -0.2) is 40.5 Å². The first-order valence-electron chi connectivity index (χ1n) is 10.1. The summed E-state index contributed by atoms with van der Waals surface area (Å²) in [6.07, 6.45) is 3.07. The Morgan fingerprint density at radius 2 is 1.90 bits per heavy atom. The Morgan fingerprint density at radius 1 is 1.17 bits per heavy atom. The van der Waals surface area contributed by atoms with Gasteiger partial charge in [-0.15, -0.1) is 11.3 Å². The molecule has 156 valence electrons. The Morgan fingerprint density at radius 3 is 2.60 bits per heavy atom. The van der Waals surface area contributed by atoms with Crippen LogP contribution in [0.15, 0.2) is 42.5 Å². The van der Waals surface area contributed by atoms with Gasteiger partial charge in [0.15, 0.2) is 6.61 Å². The van der Waals surface area contributed by atoms with Gasteiger partial charge in [0.1, 0.15) is 0 Å². The number of rotatable bonds is 4. The van der Waals surface area contributed by atoms with E-state index in [1.54, 1.807) is 12.1 Å². The first-order chi connectivity index (χ1) is 14.4. The number of aromatic nitrogens is 1. The minimum absolute atomic E-state index is 0.147. The van der Waals surface area contributed by atoms with Gasteiger partial charge in [0, 0.05) is 17.5 Å². The number of para-hydroxylation sites is 1. The summed E-state index contributed by atoms with van der Waals surface area (Å²) in [6, 6.07) is 13.1. The summed E-state index contributed by atoms with van der Waals surface area (Å²) in [4.78, 5) is 33.1. The van der Waals surface area contributed by atoms with Crippen molar-refractivity contribution in [2.45, 2.75) is 45.2 Å². The molecule has 1 fully saturated rings. The van der Waals surface area contributed by atoms with Gasteiger partial charge in [-0.25, -0.2) is 9.78 Å². The van der Waals surface area contributed by atoms with Crippen molar-refractivity contribution in [2.24, 2.45) is 0 Å². The fraction of sp³-hybridized carbons (Fsp3) is 0.348. The molecule has 5 nitrogen and oxygen atoms in total. The van der Waals surface area contributed by atoms with E-state index in [9.17, 15) is 9.59 Å². The molecule has 1 aliphatic rings. The highest BCUT2D eigenvalue weighted by Crippen LogP contribution is 2.32. The van der Waals surface area contributed by atoms with Crippen molar-refractivity contribution in [1.29, 1.82) is 0 Å². The van der Waals surface area contributed by atoms with Crippen molar-refractivity contribution in [2.75, 3.05) is 6.61 Å². The fourth-order valence-corrected chi connectivity index (χ4v) is 5.12. The number of halogens is 1. The van der Waals surface area contributed by atoms with Crippen molar-refractivity contribution in [3.63, 3.8) is 0 Å². The largest absolute Gasteiger partial charge is 0.452 e. The Kier molecular flexibility index (Phi) is 6.06. The summed E-state index contributed by atoms with van der Waals surface area (Å²) < 4.78 is 6.12. The number of amides is 1. The second-order valence-corrected chi connectivity index (χ2v) is 9.40. The summed E-state index contributed by atoms with van der Waals surface area (Å²) in [7, 11) is 0. The number of hydrogen-bond donors (Lipinski definition) is 0. The molecule has 30 heavy (non-hydrogen) atoms. The van der Waals surface area contributed by atoms with Gasteiger partial charge >= 0.3 is 5.97 Å². The number of thiophene rings is 1. The number of benzene rings is 1. The zero-order valence-electron chi connectivity index (χ0n) is 16.9. The van der Waals surface area contributed by atoms with Crippen molar-refractivity contribution in [3.05, 3.63) is 52.4 Å². The number of carbonyl (C=O) groups excluding carboxylic acids is 2. The van der Waals surface area contributed by atoms with E-state index in [1.165, 1.54) is 11.3 Å². The van der Waals surface area contributed by atoms with E-state index in [2.05, 4.69) is 4.98 Å². The SMILES string of the molecule is C[C@H]1CCC[C@H](C)N1C(=O)COC(=O)c1cc(-c2ccc(Cl)s2)nc2ccccc12. The molecule has 3 aromatic rings. The standard InChI is InChI=1S/C23H23ClN2O3S/c1-14-6-5-7-15(2)26(14)22(27)13-29-23(28)17-12-19(20-10-11-21(24)30-20)25-18-9-4-3-8-16(17)18/h3-4,8-12,14-15H,5-7,13H2,1-2H3/t14-,15-/m0/s1. The second kappa shape index (κ2) is 8.74. The fourth-order valence-electron chi connectivity index (χ4n) is 4.11. The van der Waals surface area contributed by atoms with Gasteiger partial charge in [-0.05, 0) is 57.4 Å². The van der Waals surface area contributed by atoms with E-state index in [-0.39, 0.29) is 24.6 Å². The molecule has 3 heterocycles. The highest BCUT2D eigenvalue weighted by atomic mass is 35.5. The van der Waals surface area contributed by atoms with Gasteiger partial charge < -0.3 is 9.64 Å². The zero-order chi connectivity index (χ0) is 21.3. The monoisotopic (exact) mass is 442 g/mol. The predicted molar refractivity (Wildman–Crippen MR) is 120 cm³/mol. The van der Waals surface area contributed by atoms with E-state index in [1.807, 2.05) is 49.1 Å². The summed E-state index contributed by atoms with van der Waals surface area (Å²) in [5.74, 6) is -0.671. The van der Waals surface area contributed by atoms with E-state index >= 15 is 0 Å². The first kappa shape index (κ1) is 20.8. The Balaban J connectivity index is 1.59. The molecule has 0 aliphatic carbocycles. The van der Waals surface area contributed by atoms with Crippen LogP contribution >= 0.6 is 22.9 Å². The number of ether oxygens (including phenoxy) is 1. The second-order valence-electron chi connectivity index (χ2n) is 7.68. The van der Waals surface area contributed by atoms with Gasteiger partial charge in [0.05, 0.1) is 26.0 Å². The topological polar surface area (TPSA) is 59.5 Å².